The van der Waals surface area contributed by atoms with Gasteiger partial charge in [-0.05, 0) is 25.5 Å². The molecule has 0 unspecified atom stereocenters. The average Bonchev–Trinajstić information content (AvgIpc) is 2.82. The van der Waals surface area contributed by atoms with Crippen LogP contribution < -0.4 is 0 Å². The van der Waals surface area contributed by atoms with E-state index in [1.807, 2.05) is 0 Å². The van der Waals surface area contributed by atoms with Gasteiger partial charge in [0.05, 0.1) is 24.8 Å². The summed E-state index contributed by atoms with van der Waals surface area (Å²) in [5, 5.41) is 18.3. The van der Waals surface area contributed by atoms with E-state index in [-0.39, 0.29) is 18.4 Å². The number of carboxylic acid groups (broad SMARTS) is 1. The third kappa shape index (κ3) is 2.78. The van der Waals surface area contributed by atoms with Gasteiger partial charge in [-0.1, -0.05) is 0 Å². The highest BCUT2D eigenvalue weighted by atomic mass is 16.4. The Morgan fingerprint density at radius 3 is 2.84 bits per heavy atom. The van der Waals surface area contributed by atoms with Gasteiger partial charge in [-0.25, -0.2) is 0 Å². The molecule has 0 aliphatic carbocycles. The van der Waals surface area contributed by atoms with Crippen molar-refractivity contribution < 1.29 is 24.2 Å². The predicted octanol–water partition coefficient (Wildman–Crippen LogP) is 0.852. The molecule has 104 valence electrons. The van der Waals surface area contributed by atoms with Crippen LogP contribution in [-0.4, -0.2) is 39.1 Å². The van der Waals surface area contributed by atoms with Crippen LogP contribution in [0.2, 0.25) is 0 Å². The maximum Gasteiger partial charge on any atom is 0.303 e. The highest BCUT2D eigenvalue weighted by Crippen LogP contribution is 2.34. The molecule has 1 aliphatic rings. The second kappa shape index (κ2) is 5.44. The van der Waals surface area contributed by atoms with Crippen molar-refractivity contribution in [3.8, 4) is 0 Å². The molecule has 0 radical (unpaired) electrons. The van der Waals surface area contributed by atoms with Crippen molar-refractivity contribution in [2.45, 2.75) is 38.5 Å². The van der Waals surface area contributed by atoms with Crippen LogP contribution in [0.4, 0.5) is 0 Å². The van der Waals surface area contributed by atoms with E-state index < -0.39 is 18.0 Å². The normalized spacial score (nSPS) is 24.1. The Balaban J connectivity index is 2.03. The lowest BCUT2D eigenvalue weighted by Gasteiger charge is -2.48. The third-order valence-electron chi connectivity index (χ3n) is 3.46. The summed E-state index contributed by atoms with van der Waals surface area (Å²) in [4.78, 5) is 24.2. The van der Waals surface area contributed by atoms with Crippen LogP contribution in [0.1, 0.15) is 25.5 Å². The number of rotatable bonds is 6. The summed E-state index contributed by atoms with van der Waals surface area (Å²) in [6.07, 6.45) is 1.09. The van der Waals surface area contributed by atoms with Gasteiger partial charge in [-0.2, -0.15) is 0 Å². The van der Waals surface area contributed by atoms with Gasteiger partial charge in [-0.15, -0.1) is 0 Å². The number of amides is 1. The van der Waals surface area contributed by atoms with Gasteiger partial charge in [-0.3, -0.25) is 9.59 Å². The van der Waals surface area contributed by atoms with Crippen molar-refractivity contribution in [2.24, 2.45) is 5.92 Å². The fraction of sp³-hybridized carbons (Fsp3) is 0.538. The average molecular weight is 267 g/mol. The molecule has 0 aromatic carbocycles. The maximum atomic E-state index is 12.0. The molecule has 1 aliphatic heterocycles. The maximum absolute atomic E-state index is 12.0. The Kier molecular flexibility index (Phi) is 3.90. The van der Waals surface area contributed by atoms with Gasteiger partial charge in [0.1, 0.15) is 5.76 Å². The van der Waals surface area contributed by atoms with E-state index in [0.717, 1.165) is 0 Å². The number of carbonyl (C=O) groups excluding carboxylic acids is 1. The number of aliphatic hydroxyl groups is 1. The number of aliphatic carboxylic acids is 1. The zero-order chi connectivity index (χ0) is 14.0. The number of carbonyl (C=O) groups is 2. The summed E-state index contributed by atoms with van der Waals surface area (Å²) < 4.78 is 5.19. The van der Waals surface area contributed by atoms with Gasteiger partial charge in [0.15, 0.2) is 0 Å². The van der Waals surface area contributed by atoms with Crippen LogP contribution in [0.5, 0.6) is 0 Å². The molecule has 0 spiro atoms. The van der Waals surface area contributed by atoms with Gasteiger partial charge in [0.25, 0.3) is 0 Å². The number of aliphatic hydroxyl groups excluding tert-OH is 1. The Labute approximate surface area is 110 Å². The van der Waals surface area contributed by atoms with Crippen molar-refractivity contribution in [1.82, 2.24) is 4.90 Å². The number of nitrogens with zero attached hydrogens (tertiary/aromatic N) is 1. The van der Waals surface area contributed by atoms with Crippen LogP contribution in [0.3, 0.4) is 0 Å². The first-order chi connectivity index (χ1) is 9.00. The standard InChI is InChI=1S/C13H17NO5/c1-8(15)12-10(4-5-11(16)17)14(13(12)18)7-9-3-2-6-19-9/h2-3,6,8,10,12,15H,4-5,7H2,1H3,(H,16,17)/t8-,10-,12+/m1/s1. The van der Waals surface area contributed by atoms with Crippen molar-refractivity contribution >= 4 is 11.9 Å². The fourth-order valence-corrected chi connectivity index (χ4v) is 2.53. The minimum atomic E-state index is -0.901. The van der Waals surface area contributed by atoms with E-state index in [9.17, 15) is 14.7 Å². The van der Waals surface area contributed by atoms with Crippen LogP contribution in [0.15, 0.2) is 22.8 Å². The molecule has 2 heterocycles. The highest BCUT2D eigenvalue weighted by Gasteiger charge is 2.49. The summed E-state index contributed by atoms with van der Waals surface area (Å²) in [5.41, 5.74) is 0. The molecule has 1 aromatic heterocycles. The minimum absolute atomic E-state index is 0.0180. The number of likely N-dealkylation sites (tertiary alicyclic amines) is 1. The van der Waals surface area contributed by atoms with E-state index >= 15 is 0 Å². The summed E-state index contributed by atoms with van der Waals surface area (Å²) in [6.45, 7) is 1.87. The molecule has 2 N–H and O–H groups in total. The van der Waals surface area contributed by atoms with Crippen LogP contribution in [0.25, 0.3) is 0 Å². The number of hydrogen-bond donors (Lipinski definition) is 2. The first-order valence-electron chi connectivity index (χ1n) is 6.23. The van der Waals surface area contributed by atoms with E-state index in [4.69, 9.17) is 9.52 Å². The molecule has 3 atom stereocenters. The smallest absolute Gasteiger partial charge is 0.303 e. The second-order valence-corrected chi connectivity index (χ2v) is 4.81. The van der Waals surface area contributed by atoms with Crippen molar-refractivity contribution in [1.29, 1.82) is 0 Å². The summed E-state index contributed by atoms with van der Waals surface area (Å²) >= 11 is 0. The lowest BCUT2D eigenvalue weighted by Crippen LogP contribution is -2.63. The van der Waals surface area contributed by atoms with E-state index in [2.05, 4.69) is 0 Å². The Morgan fingerprint density at radius 2 is 2.32 bits per heavy atom. The quantitative estimate of drug-likeness (QED) is 0.746. The molecule has 2 rings (SSSR count). The number of β-lactam (4-membered cyclic amide) rings is 1. The van der Waals surface area contributed by atoms with Crippen molar-refractivity contribution in [3.05, 3.63) is 24.2 Å². The number of hydrogen-bond acceptors (Lipinski definition) is 4. The third-order valence-corrected chi connectivity index (χ3v) is 3.46. The zero-order valence-electron chi connectivity index (χ0n) is 10.7. The zero-order valence-corrected chi connectivity index (χ0v) is 10.7. The van der Waals surface area contributed by atoms with Crippen LogP contribution in [0, 0.1) is 5.92 Å². The summed E-state index contributed by atoms with van der Waals surface area (Å²) in [6, 6.07) is 3.25. The molecule has 1 amide bonds. The fourth-order valence-electron chi connectivity index (χ4n) is 2.53. The first kappa shape index (κ1) is 13.6. The molecule has 0 bridgehead atoms. The Bertz CT molecular complexity index is 454. The SMILES string of the molecule is C[C@@H](O)[C@@H]1C(=O)N(Cc2ccco2)[C@@H]1CCC(=O)O. The molecule has 1 saturated heterocycles. The Morgan fingerprint density at radius 1 is 1.58 bits per heavy atom. The van der Waals surface area contributed by atoms with Crippen molar-refractivity contribution in [3.63, 3.8) is 0 Å². The molecule has 6 heteroatoms. The molecule has 6 nitrogen and oxygen atoms in total. The first-order valence-corrected chi connectivity index (χ1v) is 6.23. The summed E-state index contributed by atoms with van der Waals surface area (Å²) in [5.74, 6) is -0.907. The molecular formula is C13H17NO5. The molecule has 19 heavy (non-hydrogen) atoms. The van der Waals surface area contributed by atoms with Gasteiger partial charge in [0.2, 0.25) is 5.91 Å². The van der Waals surface area contributed by atoms with Crippen molar-refractivity contribution in [2.75, 3.05) is 0 Å². The van der Waals surface area contributed by atoms with Gasteiger partial charge < -0.3 is 19.5 Å². The predicted molar refractivity (Wildman–Crippen MR) is 65.1 cm³/mol. The van der Waals surface area contributed by atoms with Gasteiger partial charge in [0, 0.05) is 12.5 Å². The van der Waals surface area contributed by atoms with Gasteiger partial charge >= 0.3 is 5.97 Å². The number of furan rings is 1. The second-order valence-electron chi connectivity index (χ2n) is 4.81. The molecular weight excluding hydrogens is 250 g/mol. The largest absolute Gasteiger partial charge is 0.481 e. The van der Waals surface area contributed by atoms with Crippen LogP contribution in [-0.2, 0) is 16.1 Å². The molecule has 0 saturated carbocycles. The highest BCUT2D eigenvalue weighted by molar-refractivity contribution is 5.86. The molecule has 1 fully saturated rings. The topological polar surface area (TPSA) is 91.0 Å². The number of carboxylic acids is 1. The molecule has 1 aromatic rings. The summed E-state index contributed by atoms with van der Waals surface area (Å²) in [7, 11) is 0. The minimum Gasteiger partial charge on any atom is -0.481 e. The van der Waals surface area contributed by atoms with E-state index in [1.54, 1.807) is 24.0 Å². The Hall–Kier alpha value is -1.82. The van der Waals surface area contributed by atoms with E-state index in [1.165, 1.54) is 6.26 Å². The lowest BCUT2D eigenvalue weighted by molar-refractivity contribution is -0.167. The van der Waals surface area contributed by atoms with E-state index in [0.29, 0.717) is 18.7 Å². The monoisotopic (exact) mass is 267 g/mol. The lowest BCUT2D eigenvalue weighted by atomic mass is 9.80. The van der Waals surface area contributed by atoms with Crippen LogP contribution >= 0.6 is 0 Å².